The van der Waals surface area contributed by atoms with E-state index in [-0.39, 0.29) is 11.3 Å². The summed E-state index contributed by atoms with van der Waals surface area (Å²) < 4.78 is 0.543. The zero-order valence-corrected chi connectivity index (χ0v) is 9.15. The summed E-state index contributed by atoms with van der Waals surface area (Å²) in [6.07, 6.45) is 3.09. The smallest absolute Gasteiger partial charge is 0.250 e. The normalized spacial score (nSPS) is 10.5. The number of halogens is 1. The summed E-state index contributed by atoms with van der Waals surface area (Å²) in [5.74, 6) is -0.583. The van der Waals surface area contributed by atoms with Gasteiger partial charge in [0, 0.05) is 12.4 Å². The number of primary amides is 1. The van der Waals surface area contributed by atoms with Crippen molar-refractivity contribution in [3.05, 3.63) is 28.5 Å². The maximum Gasteiger partial charge on any atom is 0.250 e. The predicted molar refractivity (Wildman–Crippen MR) is 60.2 cm³/mol. The molecule has 15 heavy (non-hydrogen) atoms. The number of amides is 1. The quantitative estimate of drug-likeness (QED) is 0.755. The molecular formula is C9H7BrN4O. The van der Waals surface area contributed by atoms with Gasteiger partial charge in [0.2, 0.25) is 0 Å². The molecular weight excluding hydrogens is 260 g/mol. The van der Waals surface area contributed by atoms with Crippen LogP contribution >= 0.6 is 15.9 Å². The molecule has 1 aromatic heterocycles. The zero-order chi connectivity index (χ0) is 11.0. The van der Waals surface area contributed by atoms with Crippen molar-refractivity contribution in [2.24, 2.45) is 5.73 Å². The van der Waals surface area contributed by atoms with E-state index < -0.39 is 5.91 Å². The first kappa shape index (κ1) is 9.85. The molecule has 0 unspecified atom stereocenters. The van der Waals surface area contributed by atoms with Gasteiger partial charge in [-0.3, -0.25) is 14.8 Å². The second-order valence-electron chi connectivity index (χ2n) is 2.94. The highest BCUT2D eigenvalue weighted by Gasteiger charge is 2.13. The van der Waals surface area contributed by atoms with Gasteiger partial charge < -0.3 is 11.5 Å². The topological polar surface area (TPSA) is 94.9 Å². The molecule has 5 nitrogen and oxygen atoms in total. The fourth-order valence-corrected chi connectivity index (χ4v) is 1.81. The van der Waals surface area contributed by atoms with Crippen LogP contribution in [0.4, 0.5) is 5.69 Å². The average Bonchev–Trinajstić information content (AvgIpc) is 2.23. The van der Waals surface area contributed by atoms with E-state index in [2.05, 4.69) is 25.9 Å². The molecule has 0 aliphatic carbocycles. The van der Waals surface area contributed by atoms with Crippen molar-refractivity contribution in [3.63, 3.8) is 0 Å². The molecule has 0 spiro atoms. The molecule has 1 aromatic carbocycles. The number of aromatic nitrogens is 2. The van der Waals surface area contributed by atoms with Crippen LogP contribution in [-0.2, 0) is 0 Å². The van der Waals surface area contributed by atoms with Gasteiger partial charge in [-0.15, -0.1) is 0 Å². The summed E-state index contributed by atoms with van der Waals surface area (Å²) in [4.78, 5) is 19.3. The summed E-state index contributed by atoms with van der Waals surface area (Å²) in [5.41, 5.74) is 12.6. The Bertz CT molecular complexity index is 555. The molecule has 76 valence electrons. The summed E-state index contributed by atoms with van der Waals surface area (Å²) >= 11 is 3.26. The average molecular weight is 267 g/mol. The van der Waals surface area contributed by atoms with E-state index >= 15 is 0 Å². The number of nitrogens with zero attached hydrogens (tertiary/aromatic N) is 2. The van der Waals surface area contributed by atoms with Crippen molar-refractivity contribution in [1.82, 2.24) is 9.97 Å². The number of rotatable bonds is 1. The van der Waals surface area contributed by atoms with Crippen LogP contribution in [0.25, 0.3) is 11.0 Å². The summed E-state index contributed by atoms with van der Waals surface area (Å²) in [5, 5.41) is 0. The lowest BCUT2D eigenvalue weighted by atomic mass is 10.1. The van der Waals surface area contributed by atoms with E-state index in [1.165, 1.54) is 12.3 Å². The minimum Gasteiger partial charge on any atom is -0.397 e. The molecule has 0 radical (unpaired) electrons. The van der Waals surface area contributed by atoms with E-state index in [9.17, 15) is 4.79 Å². The molecule has 0 saturated carbocycles. The summed E-state index contributed by atoms with van der Waals surface area (Å²) in [7, 11) is 0. The molecule has 0 saturated heterocycles. The highest BCUT2D eigenvalue weighted by Crippen LogP contribution is 2.30. The van der Waals surface area contributed by atoms with E-state index in [1.807, 2.05) is 0 Å². The predicted octanol–water partition coefficient (Wildman–Crippen LogP) is 1.07. The van der Waals surface area contributed by atoms with Gasteiger partial charge in [0.25, 0.3) is 5.91 Å². The Hall–Kier alpha value is -1.69. The van der Waals surface area contributed by atoms with Crippen LogP contribution in [-0.4, -0.2) is 15.9 Å². The molecule has 1 amide bonds. The second kappa shape index (κ2) is 3.47. The number of hydrogen-bond acceptors (Lipinski definition) is 4. The Balaban J connectivity index is 2.88. The Kier molecular flexibility index (Phi) is 2.28. The lowest BCUT2D eigenvalue weighted by Crippen LogP contribution is -2.14. The summed E-state index contributed by atoms with van der Waals surface area (Å²) in [6, 6.07) is 1.53. The summed E-state index contributed by atoms with van der Waals surface area (Å²) in [6.45, 7) is 0. The van der Waals surface area contributed by atoms with Crippen molar-refractivity contribution in [1.29, 1.82) is 0 Å². The Morgan fingerprint density at radius 2 is 2.00 bits per heavy atom. The van der Waals surface area contributed by atoms with Gasteiger partial charge in [-0.2, -0.15) is 0 Å². The van der Waals surface area contributed by atoms with Gasteiger partial charge >= 0.3 is 0 Å². The lowest BCUT2D eigenvalue weighted by Gasteiger charge is -2.06. The number of anilines is 1. The Morgan fingerprint density at radius 3 is 2.67 bits per heavy atom. The number of nitrogen functional groups attached to an aromatic ring is 1. The molecule has 4 N–H and O–H groups in total. The number of carbonyl (C=O) groups excluding carboxylic acids is 1. The van der Waals surface area contributed by atoms with Crippen molar-refractivity contribution in [2.45, 2.75) is 0 Å². The SMILES string of the molecule is NC(=O)c1cc2nccnc2c(Br)c1N. The van der Waals surface area contributed by atoms with Crippen molar-refractivity contribution in [3.8, 4) is 0 Å². The first-order chi connectivity index (χ1) is 7.11. The molecule has 0 atom stereocenters. The van der Waals surface area contributed by atoms with E-state index in [1.54, 1.807) is 6.20 Å². The van der Waals surface area contributed by atoms with Crippen LogP contribution in [0.15, 0.2) is 22.9 Å². The minimum absolute atomic E-state index is 0.245. The molecule has 0 aliphatic heterocycles. The first-order valence-corrected chi connectivity index (χ1v) is 4.89. The van der Waals surface area contributed by atoms with Crippen LogP contribution < -0.4 is 11.5 Å². The fraction of sp³-hybridized carbons (Fsp3) is 0. The second-order valence-corrected chi connectivity index (χ2v) is 3.73. The molecule has 2 aromatic rings. The first-order valence-electron chi connectivity index (χ1n) is 4.09. The van der Waals surface area contributed by atoms with Gasteiger partial charge in [-0.1, -0.05) is 0 Å². The highest BCUT2D eigenvalue weighted by atomic mass is 79.9. The molecule has 0 fully saturated rings. The number of carbonyl (C=O) groups is 1. The van der Waals surface area contributed by atoms with E-state index in [0.717, 1.165) is 0 Å². The van der Waals surface area contributed by atoms with Crippen LogP contribution in [0.1, 0.15) is 10.4 Å². The molecule has 0 aliphatic rings. The van der Waals surface area contributed by atoms with Gasteiger partial charge in [-0.05, 0) is 22.0 Å². The lowest BCUT2D eigenvalue weighted by molar-refractivity contribution is 0.100. The molecule has 6 heteroatoms. The number of nitrogens with two attached hydrogens (primary N) is 2. The number of hydrogen-bond donors (Lipinski definition) is 2. The maximum atomic E-state index is 11.1. The molecule has 2 rings (SSSR count). The molecule has 1 heterocycles. The van der Waals surface area contributed by atoms with Gasteiger partial charge in [0.1, 0.15) is 5.52 Å². The van der Waals surface area contributed by atoms with Crippen LogP contribution in [0, 0.1) is 0 Å². The van der Waals surface area contributed by atoms with Crippen molar-refractivity contribution >= 4 is 38.6 Å². The van der Waals surface area contributed by atoms with E-state index in [4.69, 9.17) is 11.5 Å². The van der Waals surface area contributed by atoms with Crippen molar-refractivity contribution < 1.29 is 4.79 Å². The minimum atomic E-state index is -0.583. The number of fused-ring (bicyclic) bond motifs is 1. The monoisotopic (exact) mass is 266 g/mol. The Labute approximate surface area is 93.6 Å². The van der Waals surface area contributed by atoms with Crippen LogP contribution in [0.3, 0.4) is 0 Å². The number of benzene rings is 1. The third kappa shape index (κ3) is 1.52. The van der Waals surface area contributed by atoms with E-state index in [0.29, 0.717) is 15.5 Å². The van der Waals surface area contributed by atoms with Crippen LogP contribution in [0.5, 0.6) is 0 Å². The fourth-order valence-electron chi connectivity index (χ4n) is 1.29. The van der Waals surface area contributed by atoms with Gasteiger partial charge in [-0.25, -0.2) is 0 Å². The van der Waals surface area contributed by atoms with Gasteiger partial charge in [0.05, 0.1) is 21.2 Å². The third-order valence-corrected chi connectivity index (χ3v) is 2.81. The molecule has 0 bridgehead atoms. The third-order valence-electron chi connectivity index (χ3n) is 2.01. The standard InChI is InChI=1S/C9H7BrN4O/c10-6-7(11)4(9(12)15)3-5-8(6)14-2-1-13-5/h1-3H,11H2,(H2,12,15). The van der Waals surface area contributed by atoms with Gasteiger partial charge in [0.15, 0.2) is 0 Å². The Morgan fingerprint density at radius 1 is 1.33 bits per heavy atom. The zero-order valence-electron chi connectivity index (χ0n) is 7.57. The largest absolute Gasteiger partial charge is 0.397 e. The van der Waals surface area contributed by atoms with Crippen LogP contribution in [0.2, 0.25) is 0 Å². The van der Waals surface area contributed by atoms with Crippen molar-refractivity contribution in [2.75, 3.05) is 5.73 Å². The highest BCUT2D eigenvalue weighted by molar-refractivity contribution is 9.10. The maximum absolute atomic E-state index is 11.1.